The molecule has 0 saturated heterocycles. The van der Waals surface area contributed by atoms with Crippen molar-refractivity contribution in [3.05, 3.63) is 58.4 Å². The van der Waals surface area contributed by atoms with E-state index in [1.54, 1.807) is 18.2 Å². The maximum atomic E-state index is 14.1. The molecular weight excluding hydrogens is 404 g/mol. The Balaban J connectivity index is 1.52. The van der Waals surface area contributed by atoms with Crippen molar-refractivity contribution in [2.45, 2.75) is 57.7 Å². The van der Waals surface area contributed by atoms with E-state index >= 15 is 0 Å². The molecule has 1 aromatic rings. The monoisotopic (exact) mass is 437 g/mol. The maximum Gasteiger partial charge on any atom is 0.303 e. The summed E-state index contributed by atoms with van der Waals surface area (Å²) in [6.07, 6.45) is 6.50. The maximum absolute atomic E-state index is 14.1. The molecule has 1 aliphatic carbocycles. The standard InChI is InChI=1S/C24H33F2NO4/c1-18-7-6-8-21(13-18)24(25,26)17-31-12-5-3-2-4-11-27-15-23(30)19-9-10-22(29)20(14-19)16-28/h6,9-10,13-14,23,27-30H,2-5,7,11-12,15-17H2,1H3. The predicted octanol–water partition coefficient (Wildman–Crippen LogP) is 4.15. The predicted molar refractivity (Wildman–Crippen MR) is 116 cm³/mol. The molecule has 0 saturated carbocycles. The molecule has 1 aromatic carbocycles. The van der Waals surface area contributed by atoms with E-state index in [1.165, 1.54) is 12.1 Å². The first-order valence-electron chi connectivity index (χ1n) is 10.7. The molecule has 2 rings (SSSR count). The molecule has 31 heavy (non-hydrogen) atoms. The lowest BCUT2D eigenvalue weighted by Crippen LogP contribution is -2.26. The number of aliphatic hydroxyl groups is 2. The lowest BCUT2D eigenvalue weighted by Gasteiger charge is -2.18. The number of benzene rings is 1. The number of hydrogen-bond donors (Lipinski definition) is 4. The van der Waals surface area contributed by atoms with Crippen LogP contribution in [0.15, 0.2) is 47.2 Å². The van der Waals surface area contributed by atoms with Gasteiger partial charge in [0.25, 0.3) is 0 Å². The van der Waals surface area contributed by atoms with Crippen LogP contribution in [0, 0.1) is 0 Å². The lowest BCUT2D eigenvalue weighted by molar-refractivity contribution is -0.0468. The van der Waals surface area contributed by atoms with Gasteiger partial charge in [0.15, 0.2) is 0 Å². The minimum atomic E-state index is -3.02. The molecule has 0 aromatic heterocycles. The van der Waals surface area contributed by atoms with E-state index in [2.05, 4.69) is 11.0 Å². The van der Waals surface area contributed by atoms with Crippen molar-refractivity contribution >= 4 is 0 Å². The summed E-state index contributed by atoms with van der Waals surface area (Å²) in [5.41, 5.74) is 4.44. The smallest absolute Gasteiger partial charge is 0.303 e. The van der Waals surface area contributed by atoms with Gasteiger partial charge in [0.05, 0.1) is 18.3 Å². The average molecular weight is 438 g/mol. The number of alkyl halides is 2. The first-order chi connectivity index (χ1) is 14.8. The Morgan fingerprint density at radius 1 is 1.23 bits per heavy atom. The molecule has 0 spiro atoms. The summed E-state index contributed by atoms with van der Waals surface area (Å²) in [6.45, 7) is 2.31. The summed E-state index contributed by atoms with van der Waals surface area (Å²) in [4.78, 5) is 0. The van der Waals surface area contributed by atoms with Gasteiger partial charge in [-0.25, -0.2) is 0 Å². The molecule has 0 amide bonds. The molecule has 0 radical (unpaired) electrons. The first kappa shape index (κ1) is 25.2. The highest BCUT2D eigenvalue weighted by Crippen LogP contribution is 2.28. The SMILES string of the molecule is CC1=CC(C(F)(F)COCCCCCCNCC(O)c2ccc(O)c(CO)c2)=C=CC1. The van der Waals surface area contributed by atoms with Crippen LogP contribution in [0.4, 0.5) is 8.78 Å². The number of hydrogen-bond acceptors (Lipinski definition) is 5. The molecule has 7 heteroatoms. The van der Waals surface area contributed by atoms with E-state index in [1.807, 2.05) is 6.92 Å². The number of halogens is 2. The summed E-state index contributed by atoms with van der Waals surface area (Å²) >= 11 is 0. The number of ether oxygens (including phenoxy) is 1. The molecule has 0 bridgehead atoms. The van der Waals surface area contributed by atoms with E-state index in [4.69, 9.17) is 4.74 Å². The van der Waals surface area contributed by atoms with Crippen LogP contribution in [0.1, 0.15) is 56.3 Å². The third-order valence-electron chi connectivity index (χ3n) is 5.14. The Morgan fingerprint density at radius 2 is 2.00 bits per heavy atom. The van der Waals surface area contributed by atoms with Gasteiger partial charge in [0.1, 0.15) is 12.4 Å². The molecule has 0 heterocycles. The number of aromatic hydroxyl groups is 1. The van der Waals surface area contributed by atoms with Gasteiger partial charge >= 0.3 is 5.92 Å². The molecule has 1 atom stereocenters. The van der Waals surface area contributed by atoms with Gasteiger partial charge in [-0.15, -0.1) is 5.73 Å². The third-order valence-corrected chi connectivity index (χ3v) is 5.14. The molecular formula is C24H33F2NO4. The summed E-state index contributed by atoms with van der Waals surface area (Å²) in [5.74, 6) is -3.01. The van der Waals surface area contributed by atoms with Crippen LogP contribution in [0.25, 0.3) is 0 Å². The number of unbranched alkanes of at least 4 members (excludes halogenated alkanes) is 3. The van der Waals surface area contributed by atoms with E-state index in [9.17, 15) is 24.1 Å². The number of nitrogens with one attached hydrogen (secondary N) is 1. The van der Waals surface area contributed by atoms with Crippen LogP contribution in [0.2, 0.25) is 0 Å². The van der Waals surface area contributed by atoms with Crippen molar-refractivity contribution < 1.29 is 28.8 Å². The lowest BCUT2D eigenvalue weighted by atomic mass is 10.0. The van der Waals surface area contributed by atoms with Gasteiger partial charge in [-0.1, -0.05) is 24.5 Å². The zero-order valence-electron chi connectivity index (χ0n) is 18.0. The Hall–Kier alpha value is -2.02. The zero-order valence-corrected chi connectivity index (χ0v) is 18.0. The van der Waals surface area contributed by atoms with Crippen LogP contribution in [-0.4, -0.2) is 47.5 Å². The van der Waals surface area contributed by atoms with Crippen molar-refractivity contribution in [1.29, 1.82) is 0 Å². The minimum Gasteiger partial charge on any atom is -0.508 e. The Labute approximate surface area is 182 Å². The van der Waals surface area contributed by atoms with E-state index in [0.717, 1.165) is 37.8 Å². The number of phenols is 1. The Bertz CT molecular complexity index is 801. The van der Waals surface area contributed by atoms with E-state index < -0.39 is 18.6 Å². The van der Waals surface area contributed by atoms with Gasteiger partial charge in [-0.2, -0.15) is 8.78 Å². The van der Waals surface area contributed by atoms with Gasteiger partial charge < -0.3 is 25.4 Å². The normalized spacial score (nSPS) is 15.0. The Morgan fingerprint density at radius 3 is 2.74 bits per heavy atom. The van der Waals surface area contributed by atoms with Crippen LogP contribution >= 0.6 is 0 Å². The summed E-state index contributed by atoms with van der Waals surface area (Å²) in [7, 11) is 0. The fraction of sp³-hybridized carbons (Fsp3) is 0.542. The van der Waals surface area contributed by atoms with Gasteiger partial charge in [-0.05, 0) is 62.6 Å². The highest BCUT2D eigenvalue weighted by Gasteiger charge is 2.33. The topological polar surface area (TPSA) is 82.0 Å². The molecule has 172 valence electrons. The summed E-state index contributed by atoms with van der Waals surface area (Å²) in [6, 6.07) is 4.68. The highest BCUT2D eigenvalue weighted by atomic mass is 19.3. The summed E-state index contributed by atoms with van der Waals surface area (Å²) in [5, 5.41) is 32.1. The molecule has 1 unspecified atom stereocenters. The highest BCUT2D eigenvalue weighted by molar-refractivity contribution is 5.36. The van der Waals surface area contributed by atoms with Gasteiger partial charge in [0, 0.05) is 18.7 Å². The molecule has 4 N–H and O–H groups in total. The number of aliphatic hydroxyl groups excluding tert-OH is 2. The van der Waals surface area contributed by atoms with E-state index in [-0.39, 0.29) is 17.9 Å². The second-order valence-electron chi connectivity index (χ2n) is 7.89. The molecule has 0 aliphatic heterocycles. The largest absolute Gasteiger partial charge is 0.508 e. The zero-order chi connectivity index (χ0) is 22.7. The van der Waals surface area contributed by atoms with Crippen molar-refractivity contribution in [2.75, 3.05) is 26.3 Å². The second kappa shape index (κ2) is 12.7. The number of allylic oxidation sites excluding steroid dienone is 2. The second-order valence-corrected chi connectivity index (χ2v) is 7.89. The number of rotatable bonds is 14. The van der Waals surface area contributed by atoms with Crippen LogP contribution in [0.5, 0.6) is 5.75 Å². The minimum absolute atomic E-state index is 0.00829. The molecule has 0 fully saturated rings. The van der Waals surface area contributed by atoms with Crippen LogP contribution in [-0.2, 0) is 11.3 Å². The Kier molecular flexibility index (Phi) is 10.4. The molecule has 1 aliphatic rings. The van der Waals surface area contributed by atoms with Crippen molar-refractivity contribution in [3.63, 3.8) is 0 Å². The van der Waals surface area contributed by atoms with Crippen LogP contribution in [0.3, 0.4) is 0 Å². The van der Waals surface area contributed by atoms with Crippen molar-refractivity contribution in [1.82, 2.24) is 5.32 Å². The third kappa shape index (κ3) is 8.56. The van der Waals surface area contributed by atoms with E-state index in [0.29, 0.717) is 30.7 Å². The van der Waals surface area contributed by atoms with Crippen molar-refractivity contribution in [2.24, 2.45) is 0 Å². The fourth-order valence-electron chi connectivity index (χ4n) is 3.26. The average Bonchev–Trinajstić information content (AvgIpc) is 2.75. The quantitative estimate of drug-likeness (QED) is 0.260. The fourth-order valence-corrected chi connectivity index (χ4v) is 3.26. The van der Waals surface area contributed by atoms with Crippen LogP contribution < -0.4 is 5.32 Å². The first-order valence-corrected chi connectivity index (χ1v) is 10.7. The summed E-state index contributed by atoms with van der Waals surface area (Å²) < 4.78 is 33.4. The molecule has 5 nitrogen and oxygen atoms in total. The van der Waals surface area contributed by atoms with Gasteiger partial charge in [-0.3, -0.25) is 0 Å². The van der Waals surface area contributed by atoms with Gasteiger partial charge in [0.2, 0.25) is 0 Å². The van der Waals surface area contributed by atoms with Crippen molar-refractivity contribution in [3.8, 4) is 5.75 Å².